The highest BCUT2D eigenvalue weighted by Crippen LogP contribution is 2.33. The molecule has 2 heteroatoms. The highest BCUT2D eigenvalue weighted by molar-refractivity contribution is 5.74. The fourth-order valence-electron chi connectivity index (χ4n) is 2.05. The zero-order chi connectivity index (χ0) is 10.6. The monoisotopic (exact) mass is 186 g/mol. The number of hydrogen-bond acceptors (Lipinski definition) is 2. The van der Waals surface area contributed by atoms with Gasteiger partial charge in [-0.1, -0.05) is 34.6 Å². The number of rotatable bonds is 1. The van der Waals surface area contributed by atoms with Gasteiger partial charge < -0.3 is 4.74 Å². The van der Waals surface area contributed by atoms with E-state index < -0.39 is 0 Å². The van der Waals surface area contributed by atoms with E-state index in [4.69, 9.17) is 4.74 Å². The molecule has 0 N–H and O–H groups in total. The first-order valence-corrected chi connectivity index (χ1v) is 5.24. The van der Waals surface area contributed by atoms with Crippen LogP contribution in [0.4, 0.5) is 0 Å². The van der Waals surface area contributed by atoms with Gasteiger partial charge in [0.15, 0.2) is 0 Å². The fraction of sp³-hybridized carbons (Fsp3) is 0.909. The molecule has 3 atom stereocenters. The Morgan fingerprint density at radius 1 is 1.23 bits per heavy atom. The summed E-state index contributed by atoms with van der Waals surface area (Å²) in [6.45, 7) is 12.2. The molecule has 1 aliphatic heterocycles. The number of carbonyl (C=O) groups is 1. The second-order valence-corrected chi connectivity index (χ2v) is 3.75. The molecule has 0 saturated carbocycles. The van der Waals surface area contributed by atoms with Crippen LogP contribution in [0.25, 0.3) is 0 Å². The summed E-state index contributed by atoms with van der Waals surface area (Å²) in [4.78, 5) is 11.1. The van der Waals surface area contributed by atoms with Crippen molar-refractivity contribution in [2.24, 2.45) is 17.8 Å². The van der Waals surface area contributed by atoms with Gasteiger partial charge in [0.25, 0.3) is 0 Å². The molecular formula is C11H22O2. The maximum absolute atomic E-state index is 11.1. The average molecular weight is 186 g/mol. The molecule has 1 heterocycles. The molecule has 0 aliphatic carbocycles. The molecule has 0 bridgehead atoms. The van der Waals surface area contributed by atoms with E-state index >= 15 is 0 Å². The Morgan fingerprint density at radius 3 is 1.85 bits per heavy atom. The van der Waals surface area contributed by atoms with Crippen molar-refractivity contribution in [3.05, 3.63) is 0 Å². The summed E-state index contributed by atoms with van der Waals surface area (Å²) >= 11 is 0. The van der Waals surface area contributed by atoms with Crippen molar-refractivity contribution in [1.29, 1.82) is 0 Å². The van der Waals surface area contributed by atoms with Gasteiger partial charge in [0.2, 0.25) is 0 Å². The normalized spacial score (nSPS) is 32.5. The van der Waals surface area contributed by atoms with E-state index in [1.807, 2.05) is 27.7 Å². The van der Waals surface area contributed by atoms with E-state index in [0.29, 0.717) is 11.8 Å². The van der Waals surface area contributed by atoms with E-state index in [1.54, 1.807) is 0 Å². The molecule has 0 aromatic heterocycles. The minimum atomic E-state index is -0.0313. The summed E-state index contributed by atoms with van der Waals surface area (Å²) in [5, 5.41) is 0. The van der Waals surface area contributed by atoms with Crippen LogP contribution in [0.3, 0.4) is 0 Å². The Balaban J connectivity index is 0.000000671. The highest BCUT2D eigenvalue weighted by atomic mass is 16.6. The topological polar surface area (TPSA) is 26.3 Å². The molecule has 1 aliphatic rings. The first-order valence-electron chi connectivity index (χ1n) is 5.24. The smallest absolute Gasteiger partial charge is 0.309 e. The molecule has 1 rings (SSSR count). The quantitative estimate of drug-likeness (QED) is 0.589. The summed E-state index contributed by atoms with van der Waals surface area (Å²) in [5.41, 5.74) is 0. The van der Waals surface area contributed by atoms with Crippen molar-refractivity contribution in [1.82, 2.24) is 0 Å². The number of ether oxygens (including phenoxy) is 1. The lowest BCUT2D eigenvalue weighted by Gasteiger charge is -2.19. The van der Waals surface area contributed by atoms with Crippen LogP contribution in [-0.2, 0) is 9.53 Å². The van der Waals surface area contributed by atoms with Crippen molar-refractivity contribution < 1.29 is 9.53 Å². The minimum Gasteiger partial charge on any atom is -0.462 e. The molecule has 78 valence electrons. The van der Waals surface area contributed by atoms with Crippen molar-refractivity contribution in [2.45, 2.75) is 47.6 Å². The summed E-state index contributed by atoms with van der Waals surface area (Å²) in [6.07, 6.45) is 0.109. The predicted octanol–water partition coefficient (Wildman–Crippen LogP) is 2.87. The first kappa shape index (κ1) is 12.5. The third-order valence-corrected chi connectivity index (χ3v) is 2.56. The average Bonchev–Trinajstić information content (AvgIpc) is 2.30. The Hall–Kier alpha value is -0.530. The van der Waals surface area contributed by atoms with Crippen LogP contribution >= 0.6 is 0 Å². The molecular weight excluding hydrogens is 164 g/mol. The van der Waals surface area contributed by atoms with Gasteiger partial charge in [-0.2, -0.15) is 0 Å². The van der Waals surface area contributed by atoms with E-state index in [9.17, 15) is 4.79 Å². The zero-order valence-corrected chi connectivity index (χ0v) is 9.63. The van der Waals surface area contributed by atoms with Gasteiger partial charge in [0.1, 0.15) is 6.10 Å². The summed E-state index contributed by atoms with van der Waals surface area (Å²) < 4.78 is 5.11. The van der Waals surface area contributed by atoms with Crippen LogP contribution in [-0.4, -0.2) is 12.1 Å². The van der Waals surface area contributed by atoms with E-state index in [-0.39, 0.29) is 18.0 Å². The van der Waals surface area contributed by atoms with Crippen molar-refractivity contribution in [2.75, 3.05) is 0 Å². The van der Waals surface area contributed by atoms with Crippen molar-refractivity contribution in [3.8, 4) is 0 Å². The second kappa shape index (κ2) is 5.25. The van der Waals surface area contributed by atoms with E-state index in [0.717, 1.165) is 0 Å². The largest absolute Gasteiger partial charge is 0.462 e. The van der Waals surface area contributed by atoms with Gasteiger partial charge in [-0.05, 0) is 12.8 Å². The molecule has 0 radical (unpaired) electrons. The molecule has 1 fully saturated rings. The van der Waals surface area contributed by atoms with Crippen LogP contribution in [0.2, 0.25) is 0 Å². The van der Waals surface area contributed by atoms with E-state index in [2.05, 4.69) is 13.8 Å². The highest BCUT2D eigenvalue weighted by Gasteiger charge is 2.40. The lowest BCUT2D eigenvalue weighted by atomic mass is 9.83. The first-order chi connectivity index (χ1) is 6.04. The molecule has 0 unspecified atom stereocenters. The third-order valence-electron chi connectivity index (χ3n) is 2.56. The standard InChI is InChI=1S/C9H16O2.C2H6/c1-5(2)8-6(3)9(10)11-7(8)4;1-2/h5-8H,1-4H3;1-2H3/t6-,7-,8-;/m1./s1. The van der Waals surface area contributed by atoms with Gasteiger partial charge in [-0.3, -0.25) is 4.79 Å². The SMILES string of the molecule is CC.CC(C)[C@H]1[C@@H](C)OC(=O)[C@@H]1C. The Kier molecular flexibility index (Phi) is 5.04. The molecule has 13 heavy (non-hydrogen) atoms. The second-order valence-electron chi connectivity index (χ2n) is 3.75. The zero-order valence-electron chi connectivity index (χ0n) is 9.63. The maximum atomic E-state index is 11.1. The number of esters is 1. The number of carbonyl (C=O) groups excluding carboxylic acids is 1. The summed E-state index contributed by atoms with van der Waals surface area (Å²) in [6, 6.07) is 0. The molecule has 1 saturated heterocycles. The predicted molar refractivity (Wildman–Crippen MR) is 54.4 cm³/mol. The van der Waals surface area contributed by atoms with Gasteiger partial charge >= 0.3 is 5.97 Å². The van der Waals surface area contributed by atoms with Crippen LogP contribution < -0.4 is 0 Å². The molecule has 2 nitrogen and oxygen atoms in total. The lowest BCUT2D eigenvalue weighted by molar-refractivity contribution is -0.143. The van der Waals surface area contributed by atoms with Crippen LogP contribution in [0.15, 0.2) is 0 Å². The molecule has 0 spiro atoms. The van der Waals surface area contributed by atoms with E-state index in [1.165, 1.54) is 0 Å². The molecule has 0 aromatic carbocycles. The lowest BCUT2D eigenvalue weighted by Crippen LogP contribution is -2.22. The Bertz CT molecular complexity index is 163. The summed E-state index contributed by atoms with van der Waals surface area (Å²) in [5.74, 6) is 0.996. The fourth-order valence-corrected chi connectivity index (χ4v) is 2.05. The number of cyclic esters (lactones) is 1. The van der Waals surface area contributed by atoms with Gasteiger partial charge in [0, 0.05) is 5.92 Å². The van der Waals surface area contributed by atoms with Crippen LogP contribution in [0, 0.1) is 17.8 Å². The number of hydrogen-bond donors (Lipinski definition) is 0. The Morgan fingerprint density at radius 2 is 1.69 bits per heavy atom. The molecule has 0 amide bonds. The third kappa shape index (κ3) is 2.71. The van der Waals surface area contributed by atoms with Gasteiger partial charge in [-0.15, -0.1) is 0 Å². The van der Waals surface area contributed by atoms with Crippen molar-refractivity contribution >= 4 is 5.97 Å². The maximum Gasteiger partial charge on any atom is 0.309 e. The van der Waals surface area contributed by atoms with Crippen LogP contribution in [0.1, 0.15) is 41.5 Å². The van der Waals surface area contributed by atoms with Gasteiger partial charge in [0.05, 0.1) is 5.92 Å². The van der Waals surface area contributed by atoms with Crippen LogP contribution in [0.5, 0.6) is 0 Å². The Labute approximate surface area is 81.7 Å². The molecule has 0 aromatic rings. The minimum absolute atomic E-state index is 0.0313. The van der Waals surface area contributed by atoms with Gasteiger partial charge in [-0.25, -0.2) is 0 Å². The summed E-state index contributed by atoms with van der Waals surface area (Å²) in [7, 11) is 0. The van der Waals surface area contributed by atoms with Crippen molar-refractivity contribution in [3.63, 3.8) is 0 Å².